The maximum atomic E-state index is 12.4. The van der Waals surface area contributed by atoms with Gasteiger partial charge in [-0.05, 0) is 53.1 Å². The molecule has 2 unspecified atom stereocenters. The van der Waals surface area contributed by atoms with Crippen LogP contribution >= 0.6 is 39.0 Å². The van der Waals surface area contributed by atoms with E-state index in [0.717, 1.165) is 34.4 Å². The zero-order valence-electron chi connectivity index (χ0n) is 11.0. The van der Waals surface area contributed by atoms with E-state index in [0.29, 0.717) is 9.46 Å². The van der Waals surface area contributed by atoms with E-state index in [1.807, 2.05) is 18.7 Å². The highest BCUT2D eigenvalue weighted by atomic mass is 79.9. The maximum absolute atomic E-state index is 12.4. The Bertz CT molecular complexity index is 522. The Hall–Kier alpha value is 0.440. The van der Waals surface area contributed by atoms with Crippen molar-refractivity contribution in [3.63, 3.8) is 0 Å². The van der Waals surface area contributed by atoms with E-state index in [-0.39, 0.29) is 6.04 Å². The van der Waals surface area contributed by atoms with Crippen LogP contribution in [0.2, 0.25) is 0 Å². The van der Waals surface area contributed by atoms with Gasteiger partial charge in [-0.1, -0.05) is 13.3 Å². The summed E-state index contributed by atoms with van der Waals surface area (Å²) in [5, 5.41) is 0.421. The number of thioether (sulfide) groups is 1. The summed E-state index contributed by atoms with van der Waals surface area (Å²) in [7, 11) is -3.37. The fourth-order valence-corrected chi connectivity index (χ4v) is 7.13. The molecule has 0 aliphatic heterocycles. The number of thiophene rings is 1. The Morgan fingerprint density at radius 3 is 2.84 bits per heavy atom. The predicted octanol–water partition coefficient (Wildman–Crippen LogP) is 3.77. The van der Waals surface area contributed by atoms with Crippen molar-refractivity contribution in [3.05, 3.63) is 15.4 Å². The molecule has 1 aromatic heterocycles. The summed E-state index contributed by atoms with van der Waals surface area (Å²) in [6, 6.07) is 1.81. The molecule has 0 amide bonds. The van der Waals surface area contributed by atoms with Crippen LogP contribution in [0.4, 0.5) is 0 Å². The van der Waals surface area contributed by atoms with Gasteiger partial charge in [-0.15, -0.1) is 11.3 Å². The molecule has 2 atom stereocenters. The van der Waals surface area contributed by atoms with E-state index in [2.05, 4.69) is 27.6 Å². The van der Waals surface area contributed by atoms with Crippen LogP contribution in [-0.2, 0) is 10.0 Å². The lowest BCUT2D eigenvalue weighted by Crippen LogP contribution is -2.38. The Balaban J connectivity index is 2.13. The van der Waals surface area contributed by atoms with Crippen LogP contribution in [0.25, 0.3) is 0 Å². The van der Waals surface area contributed by atoms with Gasteiger partial charge in [0.25, 0.3) is 0 Å². The maximum Gasteiger partial charge on any atom is 0.250 e. The second kappa shape index (κ2) is 6.47. The largest absolute Gasteiger partial charge is 0.250 e. The number of hydrogen-bond acceptors (Lipinski definition) is 4. The topological polar surface area (TPSA) is 46.2 Å². The molecule has 1 aromatic rings. The molecule has 1 aliphatic carbocycles. The molecule has 0 spiro atoms. The van der Waals surface area contributed by atoms with Crippen molar-refractivity contribution < 1.29 is 8.42 Å². The minimum Gasteiger partial charge on any atom is -0.206 e. The van der Waals surface area contributed by atoms with E-state index in [4.69, 9.17) is 0 Å². The summed E-state index contributed by atoms with van der Waals surface area (Å²) in [4.78, 5) is 0. The minimum atomic E-state index is -3.37. The average Bonchev–Trinajstić information content (AvgIpc) is 2.88. The SMILES string of the molecule is CCSC1CCCC1NS(=O)(=O)c1cc(C)c(Br)s1. The zero-order valence-corrected chi connectivity index (χ0v) is 15.0. The van der Waals surface area contributed by atoms with Gasteiger partial charge in [-0.25, -0.2) is 13.1 Å². The van der Waals surface area contributed by atoms with Crippen molar-refractivity contribution in [2.45, 2.75) is 48.6 Å². The van der Waals surface area contributed by atoms with E-state index in [1.54, 1.807) is 6.07 Å². The average molecular weight is 384 g/mol. The molecule has 1 heterocycles. The molecule has 0 saturated heterocycles. The van der Waals surface area contributed by atoms with Crippen LogP contribution in [0.1, 0.15) is 31.7 Å². The lowest BCUT2D eigenvalue weighted by Gasteiger charge is -2.19. The van der Waals surface area contributed by atoms with Crippen molar-refractivity contribution >= 4 is 49.1 Å². The fourth-order valence-electron chi connectivity index (χ4n) is 2.30. The lowest BCUT2D eigenvalue weighted by atomic mass is 10.3. The van der Waals surface area contributed by atoms with Crippen LogP contribution in [0, 0.1) is 6.92 Å². The van der Waals surface area contributed by atoms with Crippen LogP contribution < -0.4 is 4.72 Å². The first kappa shape index (κ1) is 15.8. The Labute approximate surface area is 131 Å². The molecule has 19 heavy (non-hydrogen) atoms. The zero-order chi connectivity index (χ0) is 14.0. The van der Waals surface area contributed by atoms with Crippen molar-refractivity contribution in [2.24, 2.45) is 0 Å². The fraction of sp³-hybridized carbons (Fsp3) is 0.667. The molecule has 0 aromatic carbocycles. The summed E-state index contributed by atoms with van der Waals surface area (Å²) < 4.78 is 28.9. The molecule has 0 bridgehead atoms. The van der Waals surface area contributed by atoms with Gasteiger partial charge in [-0.3, -0.25) is 0 Å². The number of rotatable bonds is 5. The van der Waals surface area contributed by atoms with Gasteiger partial charge < -0.3 is 0 Å². The first-order chi connectivity index (χ1) is 8.94. The lowest BCUT2D eigenvalue weighted by molar-refractivity contribution is 0.557. The highest BCUT2D eigenvalue weighted by Gasteiger charge is 2.31. The standard InChI is InChI=1S/C12H18BrNO2S3/c1-3-17-10-6-4-5-9(10)14-19(15,16)11-7-8(2)12(13)18-11/h7,9-10,14H,3-6H2,1-2H3. The van der Waals surface area contributed by atoms with Crippen LogP contribution in [0.3, 0.4) is 0 Å². The molecular weight excluding hydrogens is 366 g/mol. The third kappa shape index (κ3) is 3.75. The highest BCUT2D eigenvalue weighted by Crippen LogP contribution is 2.33. The summed E-state index contributed by atoms with van der Waals surface area (Å²) in [5.74, 6) is 1.03. The van der Waals surface area contributed by atoms with Crippen molar-refractivity contribution in [1.29, 1.82) is 0 Å². The van der Waals surface area contributed by atoms with Gasteiger partial charge in [0, 0.05) is 11.3 Å². The van der Waals surface area contributed by atoms with E-state index in [1.165, 1.54) is 11.3 Å². The van der Waals surface area contributed by atoms with Gasteiger partial charge in [0.05, 0.1) is 3.79 Å². The number of aryl methyl sites for hydroxylation is 1. The number of hydrogen-bond donors (Lipinski definition) is 1. The first-order valence-corrected chi connectivity index (χ1v) is 10.5. The number of halogens is 1. The smallest absolute Gasteiger partial charge is 0.206 e. The van der Waals surface area contributed by atoms with Gasteiger partial charge in [0.15, 0.2) is 0 Å². The molecular formula is C12H18BrNO2S3. The Morgan fingerprint density at radius 2 is 2.26 bits per heavy atom. The molecule has 3 nitrogen and oxygen atoms in total. The van der Waals surface area contributed by atoms with Crippen molar-refractivity contribution in [3.8, 4) is 0 Å². The normalized spacial score (nSPS) is 23.9. The van der Waals surface area contributed by atoms with Crippen molar-refractivity contribution in [1.82, 2.24) is 4.72 Å². The minimum absolute atomic E-state index is 0.0798. The van der Waals surface area contributed by atoms with Crippen LogP contribution in [0.5, 0.6) is 0 Å². The molecule has 1 fully saturated rings. The highest BCUT2D eigenvalue weighted by molar-refractivity contribution is 9.11. The molecule has 7 heteroatoms. The van der Waals surface area contributed by atoms with E-state index in [9.17, 15) is 8.42 Å². The number of sulfonamides is 1. The molecule has 108 valence electrons. The molecule has 0 radical (unpaired) electrons. The Kier molecular flexibility index (Phi) is 5.39. The summed E-state index contributed by atoms with van der Waals surface area (Å²) in [6.45, 7) is 4.03. The molecule has 1 aliphatic rings. The first-order valence-electron chi connectivity index (χ1n) is 6.34. The molecule has 1 N–H and O–H groups in total. The second-order valence-electron chi connectivity index (χ2n) is 4.67. The van der Waals surface area contributed by atoms with Crippen molar-refractivity contribution in [2.75, 3.05) is 5.75 Å². The predicted molar refractivity (Wildman–Crippen MR) is 86.6 cm³/mol. The molecule has 1 saturated carbocycles. The second-order valence-corrected chi connectivity index (χ2v) is 10.5. The monoisotopic (exact) mass is 383 g/mol. The summed E-state index contributed by atoms with van der Waals surface area (Å²) in [5.41, 5.74) is 0.969. The summed E-state index contributed by atoms with van der Waals surface area (Å²) in [6.07, 6.45) is 3.17. The quantitative estimate of drug-likeness (QED) is 0.841. The number of nitrogens with one attached hydrogen (secondary N) is 1. The van der Waals surface area contributed by atoms with Crippen LogP contribution in [-0.4, -0.2) is 25.5 Å². The van der Waals surface area contributed by atoms with Gasteiger partial charge >= 0.3 is 0 Å². The summed E-state index contributed by atoms with van der Waals surface area (Å²) >= 11 is 6.52. The van der Waals surface area contributed by atoms with E-state index < -0.39 is 10.0 Å². The van der Waals surface area contributed by atoms with Gasteiger partial charge in [-0.2, -0.15) is 11.8 Å². The van der Waals surface area contributed by atoms with Gasteiger partial charge in [0.2, 0.25) is 10.0 Å². The van der Waals surface area contributed by atoms with E-state index >= 15 is 0 Å². The molecule has 2 rings (SSSR count). The van der Waals surface area contributed by atoms with Crippen LogP contribution in [0.15, 0.2) is 14.1 Å². The van der Waals surface area contributed by atoms with Gasteiger partial charge in [0.1, 0.15) is 4.21 Å². The third-order valence-electron chi connectivity index (χ3n) is 3.24. The Morgan fingerprint density at radius 1 is 1.53 bits per heavy atom. The third-order valence-corrected chi connectivity index (χ3v) is 8.67.